The van der Waals surface area contributed by atoms with Crippen molar-refractivity contribution in [2.75, 3.05) is 7.18 Å². The highest BCUT2D eigenvalue weighted by atomic mass is 32.2. The van der Waals surface area contributed by atoms with Crippen LogP contribution in [0.25, 0.3) is 0 Å². The van der Waals surface area contributed by atoms with Crippen LogP contribution >= 0.6 is 0 Å². The molecule has 70 valence electrons. The molecule has 0 bridgehead atoms. The minimum absolute atomic E-state index is 0.0974. The molecule has 5 nitrogen and oxygen atoms in total. The third-order valence-electron chi connectivity index (χ3n) is 0.941. The van der Waals surface area contributed by atoms with Crippen LogP contribution < -0.4 is 0 Å². The van der Waals surface area contributed by atoms with E-state index in [2.05, 4.69) is 9.10 Å². The molecule has 1 fully saturated rings. The number of halogens is 1. The molecule has 0 atom stereocenters. The maximum atomic E-state index is 10.3. The molecule has 0 aromatic carbocycles. The predicted octanol–water partition coefficient (Wildman–Crippen LogP) is 0.934. The Balaban J connectivity index is 0.000000561. The van der Waals surface area contributed by atoms with E-state index in [1.807, 2.05) is 0 Å². The van der Waals surface area contributed by atoms with Crippen LogP contribution in [0.4, 0.5) is 9.18 Å². The van der Waals surface area contributed by atoms with Gasteiger partial charge in [0, 0.05) is 0 Å². The van der Waals surface area contributed by atoms with Gasteiger partial charge in [0.05, 0.1) is 7.18 Å². The van der Waals surface area contributed by atoms with Gasteiger partial charge >= 0.3 is 16.6 Å². The van der Waals surface area contributed by atoms with E-state index in [-0.39, 0.29) is 6.10 Å². The van der Waals surface area contributed by atoms with Crippen LogP contribution in [0.1, 0.15) is 12.8 Å². The zero-order valence-electron chi connectivity index (χ0n) is 6.36. The highest BCUT2D eigenvalue weighted by Gasteiger charge is 2.25. The van der Waals surface area contributed by atoms with Crippen molar-refractivity contribution in [3.8, 4) is 0 Å². The lowest BCUT2D eigenvalue weighted by Gasteiger charge is -1.91. The molecule has 1 aliphatic rings. The average molecular weight is 197 g/mol. The van der Waals surface area contributed by atoms with Gasteiger partial charge in [0.15, 0.2) is 0 Å². The number of carbonyl (C=O) groups excluding carboxylic acids is 1. The number of alkyl halides is 1. The molecule has 1 amide bonds. The van der Waals surface area contributed by atoms with Crippen LogP contribution in [0.2, 0.25) is 0 Å². The second-order valence-electron chi connectivity index (χ2n) is 1.89. The molecule has 0 aromatic heterocycles. The van der Waals surface area contributed by atoms with Crippen molar-refractivity contribution in [1.82, 2.24) is 0 Å². The normalized spacial score (nSPS) is 13.8. The van der Waals surface area contributed by atoms with Gasteiger partial charge < -0.3 is 4.74 Å². The first-order valence-electron chi connectivity index (χ1n) is 3.08. The molecule has 0 N–H and O–H groups in total. The van der Waals surface area contributed by atoms with Gasteiger partial charge in [-0.05, 0) is 12.8 Å². The fraction of sp³-hybridized carbons (Fsp3) is 0.800. The van der Waals surface area contributed by atoms with Gasteiger partial charge in [-0.3, -0.25) is 4.39 Å². The summed E-state index contributed by atoms with van der Waals surface area (Å²) in [6.45, 7) is 0. The molecular weight excluding hydrogens is 189 g/mol. The molecule has 0 heterocycles. The summed E-state index contributed by atoms with van der Waals surface area (Å²) in [7, 11) is -2.18. The van der Waals surface area contributed by atoms with E-state index in [4.69, 9.17) is 0 Å². The Morgan fingerprint density at radius 2 is 2.00 bits per heavy atom. The topological polar surface area (TPSA) is 72.8 Å². The molecule has 0 unspecified atom stereocenters. The van der Waals surface area contributed by atoms with E-state index in [9.17, 15) is 17.6 Å². The monoisotopic (exact) mass is 197 g/mol. The first-order valence-corrected chi connectivity index (χ1v) is 4.11. The number of hydrogen-bond donors (Lipinski definition) is 0. The number of nitrogens with zero attached hydrogens (tertiary/aromatic N) is 1. The highest BCUT2D eigenvalue weighted by Crippen LogP contribution is 2.23. The Bertz CT molecular complexity index is 261. The summed E-state index contributed by atoms with van der Waals surface area (Å²) in [5, 5.41) is 0. The number of rotatable bonds is 1. The summed E-state index contributed by atoms with van der Waals surface area (Å²) in [5.74, 6) is 0. The Morgan fingerprint density at radius 1 is 1.50 bits per heavy atom. The number of hydrogen-bond acceptors (Lipinski definition) is 4. The van der Waals surface area contributed by atoms with Gasteiger partial charge in [0.1, 0.15) is 6.10 Å². The van der Waals surface area contributed by atoms with Crippen molar-refractivity contribution in [2.45, 2.75) is 18.9 Å². The minimum Gasteiger partial charge on any atom is -0.444 e. The number of carbonyl (C=O) groups is 1. The van der Waals surface area contributed by atoms with E-state index in [1.165, 1.54) is 0 Å². The van der Waals surface area contributed by atoms with E-state index in [1.54, 1.807) is 0 Å². The summed E-state index contributed by atoms with van der Waals surface area (Å²) >= 11 is 0. The highest BCUT2D eigenvalue weighted by molar-refractivity contribution is 7.62. The van der Waals surface area contributed by atoms with Gasteiger partial charge in [-0.1, -0.05) is 4.36 Å². The lowest BCUT2D eigenvalue weighted by atomic mass is 10.8. The summed E-state index contributed by atoms with van der Waals surface area (Å²) in [5.41, 5.74) is 0. The van der Waals surface area contributed by atoms with Gasteiger partial charge in [0.2, 0.25) is 0 Å². The second kappa shape index (κ2) is 5.64. The zero-order valence-corrected chi connectivity index (χ0v) is 7.17. The Morgan fingerprint density at radius 3 is 2.33 bits per heavy atom. The maximum absolute atomic E-state index is 10.3. The van der Waals surface area contributed by atoms with Crippen LogP contribution in [-0.2, 0) is 15.2 Å². The van der Waals surface area contributed by atoms with Crippen LogP contribution in [0.5, 0.6) is 0 Å². The molecule has 7 heteroatoms. The van der Waals surface area contributed by atoms with Gasteiger partial charge in [0.25, 0.3) is 0 Å². The molecular formula is C5H8FNO4S. The lowest BCUT2D eigenvalue weighted by molar-refractivity contribution is 0.151. The summed E-state index contributed by atoms with van der Waals surface area (Å²) < 4.78 is 36.1. The maximum Gasteiger partial charge on any atom is 0.448 e. The standard InChI is InChI=1S/C4H5NO4S.CH3F/c6-4(5-10(7)8)9-3-1-2-3;1-2/h3H,1-2H2;1H3. The molecule has 0 radical (unpaired) electrons. The quantitative estimate of drug-likeness (QED) is 0.626. The minimum atomic E-state index is -2.68. The van der Waals surface area contributed by atoms with Crippen LogP contribution in [0.3, 0.4) is 0 Å². The third-order valence-corrected chi connectivity index (χ3v) is 1.24. The third kappa shape index (κ3) is 5.78. The first kappa shape index (κ1) is 11.0. The lowest BCUT2D eigenvalue weighted by Crippen LogP contribution is -1.99. The second-order valence-corrected chi connectivity index (χ2v) is 2.51. The van der Waals surface area contributed by atoms with Crippen molar-refractivity contribution in [3.63, 3.8) is 0 Å². The van der Waals surface area contributed by atoms with Crippen LogP contribution in [0, 0.1) is 0 Å². The van der Waals surface area contributed by atoms with E-state index in [0.717, 1.165) is 12.8 Å². The summed E-state index contributed by atoms with van der Waals surface area (Å²) in [6, 6.07) is 0. The van der Waals surface area contributed by atoms with E-state index < -0.39 is 16.6 Å². The van der Waals surface area contributed by atoms with E-state index in [0.29, 0.717) is 7.18 Å². The summed E-state index contributed by atoms with van der Waals surface area (Å²) in [4.78, 5) is 10.3. The van der Waals surface area contributed by atoms with Gasteiger partial charge in [-0.25, -0.2) is 4.79 Å². The Kier molecular flexibility index (Phi) is 5.18. The molecule has 0 saturated heterocycles. The van der Waals surface area contributed by atoms with Crippen molar-refractivity contribution < 1.29 is 22.3 Å². The molecule has 0 aromatic rings. The average Bonchev–Trinajstić information content (AvgIpc) is 2.74. The number of ether oxygens (including phenoxy) is 1. The molecule has 1 saturated carbocycles. The van der Waals surface area contributed by atoms with Crippen LogP contribution in [-0.4, -0.2) is 27.8 Å². The van der Waals surface area contributed by atoms with E-state index >= 15 is 0 Å². The van der Waals surface area contributed by atoms with Crippen molar-refractivity contribution in [2.24, 2.45) is 4.36 Å². The first-order chi connectivity index (χ1) is 5.68. The van der Waals surface area contributed by atoms with Crippen LogP contribution in [0.15, 0.2) is 4.36 Å². The molecule has 1 aliphatic carbocycles. The predicted molar refractivity (Wildman–Crippen MR) is 37.9 cm³/mol. The molecule has 12 heavy (non-hydrogen) atoms. The fourth-order valence-electron chi connectivity index (χ4n) is 0.411. The van der Waals surface area contributed by atoms with Crippen molar-refractivity contribution in [3.05, 3.63) is 0 Å². The Labute approximate surface area is 70.2 Å². The molecule has 0 spiro atoms. The van der Waals surface area contributed by atoms with Crippen molar-refractivity contribution in [1.29, 1.82) is 0 Å². The van der Waals surface area contributed by atoms with Gasteiger partial charge in [-0.2, -0.15) is 8.42 Å². The zero-order chi connectivity index (χ0) is 9.56. The Hall–Kier alpha value is -0.980. The molecule has 0 aliphatic heterocycles. The smallest absolute Gasteiger partial charge is 0.444 e. The van der Waals surface area contributed by atoms with Crippen molar-refractivity contribution >= 4 is 16.6 Å². The molecule has 1 rings (SSSR count). The summed E-state index contributed by atoms with van der Waals surface area (Å²) in [6.07, 6.45) is 0.509. The number of amides is 1. The van der Waals surface area contributed by atoms with Gasteiger partial charge in [-0.15, -0.1) is 0 Å². The fourth-order valence-corrected chi connectivity index (χ4v) is 0.576. The SMILES string of the molecule is CF.O=C(N=S(=O)=O)OC1CC1. The largest absolute Gasteiger partial charge is 0.448 e.